The summed E-state index contributed by atoms with van der Waals surface area (Å²) in [7, 11) is 1.35. The zero-order valence-electron chi connectivity index (χ0n) is 13.9. The average molecular weight is 340 g/mol. The van der Waals surface area contributed by atoms with Crippen LogP contribution in [0, 0.1) is 0 Å². The smallest absolute Gasteiger partial charge is 0.276 e. The minimum atomic E-state index is -2.02. The van der Waals surface area contributed by atoms with Gasteiger partial charge in [0.25, 0.3) is 11.8 Å². The molecule has 2 aromatic rings. The third-order valence-corrected chi connectivity index (χ3v) is 4.33. The van der Waals surface area contributed by atoms with Crippen molar-refractivity contribution < 1.29 is 19.4 Å². The number of ether oxygens (including phenoxy) is 1. The van der Waals surface area contributed by atoms with Crippen LogP contribution in [0.1, 0.15) is 11.1 Å². The van der Waals surface area contributed by atoms with E-state index in [0.29, 0.717) is 0 Å². The fourth-order valence-corrected chi connectivity index (χ4v) is 2.93. The molecule has 3 N–H and O–H groups in total. The van der Waals surface area contributed by atoms with Crippen LogP contribution in [0.2, 0.25) is 0 Å². The Bertz CT molecular complexity index is 766. The van der Waals surface area contributed by atoms with Gasteiger partial charge in [-0.05, 0) is 11.1 Å². The molecule has 1 aliphatic rings. The van der Waals surface area contributed by atoms with Gasteiger partial charge in [0.2, 0.25) is 11.4 Å². The van der Waals surface area contributed by atoms with Gasteiger partial charge in [-0.15, -0.1) is 0 Å². The van der Waals surface area contributed by atoms with E-state index in [4.69, 9.17) is 4.74 Å². The van der Waals surface area contributed by atoms with Crippen LogP contribution in [-0.4, -0.2) is 35.5 Å². The number of rotatable bonds is 5. The molecular weight excluding hydrogens is 320 g/mol. The summed E-state index contributed by atoms with van der Waals surface area (Å²) in [6.45, 7) is 0. The third-order valence-electron chi connectivity index (χ3n) is 4.33. The summed E-state index contributed by atoms with van der Waals surface area (Å²) >= 11 is 0. The number of nitrogens with one attached hydrogen (secondary N) is 2. The molecule has 3 rings (SSSR count). The molecule has 2 amide bonds. The lowest BCUT2D eigenvalue weighted by atomic mass is 9.93. The molecule has 0 bridgehead atoms. The molecule has 25 heavy (non-hydrogen) atoms. The Labute approximate surface area is 145 Å². The Morgan fingerprint density at radius 3 is 1.88 bits per heavy atom. The van der Waals surface area contributed by atoms with E-state index < -0.39 is 23.3 Å². The number of hydrogen-bond donors (Lipinski definition) is 3. The predicted octanol–water partition coefficient (Wildman–Crippen LogP) is 0.749. The predicted molar refractivity (Wildman–Crippen MR) is 91.3 cm³/mol. The van der Waals surface area contributed by atoms with Crippen LogP contribution < -0.4 is 10.6 Å². The van der Waals surface area contributed by atoms with Crippen molar-refractivity contribution >= 4 is 11.8 Å². The maximum Gasteiger partial charge on any atom is 0.276 e. The van der Waals surface area contributed by atoms with Gasteiger partial charge in [0.1, 0.15) is 0 Å². The minimum Gasteiger partial charge on any atom is -0.363 e. The topological polar surface area (TPSA) is 87.7 Å². The number of carbonyl (C=O) groups is 2. The number of piperazine rings is 1. The standard InChI is InChI=1S/C19H20N2O4/c1-25-19(13-15-10-6-3-7-11-15)17(23)20-18(24,16(22)21-19)12-14-8-4-2-5-9-14/h2-11,24H,12-13H2,1H3,(H,20,23)(H,21,22). The fourth-order valence-electron chi connectivity index (χ4n) is 2.93. The highest BCUT2D eigenvalue weighted by molar-refractivity contribution is 6.00. The Balaban J connectivity index is 1.83. The molecular formula is C19H20N2O4. The van der Waals surface area contributed by atoms with Crippen LogP contribution in [0.15, 0.2) is 60.7 Å². The molecule has 0 aromatic heterocycles. The summed E-state index contributed by atoms with van der Waals surface area (Å²) in [5, 5.41) is 15.7. The normalized spacial score (nSPS) is 26.0. The summed E-state index contributed by atoms with van der Waals surface area (Å²) in [5.74, 6) is -1.29. The number of hydrogen-bond acceptors (Lipinski definition) is 4. The van der Waals surface area contributed by atoms with Gasteiger partial charge in [-0.1, -0.05) is 60.7 Å². The second-order valence-corrected chi connectivity index (χ2v) is 6.12. The first kappa shape index (κ1) is 17.1. The lowest BCUT2D eigenvalue weighted by Crippen LogP contribution is -2.76. The molecule has 6 heteroatoms. The summed E-state index contributed by atoms with van der Waals surface area (Å²) in [6, 6.07) is 18.2. The summed E-state index contributed by atoms with van der Waals surface area (Å²) in [5.41, 5.74) is -2.01. The second-order valence-electron chi connectivity index (χ2n) is 6.12. The van der Waals surface area contributed by atoms with E-state index in [1.54, 1.807) is 24.3 Å². The zero-order valence-corrected chi connectivity index (χ0v) is 13.9. The SMILES string of the molecule is COC1(Cc2ccccc2)NC(=O)C(O)(Cc2ccccc2)NC1=O. The van der Waals surface area contributed by atoms with Crippen LogP contribution in [0.3, 0.4) is 0 Å². The first-order valence-corrected chi connectivity index (χ1v) is 7.98. The molecule has 1 aliphatic heterocycles. The molecule has 1 heterocycles. The van der Waals surface area contributed by atoms with Crippen molar-refractivity contribution in [3.8, 4) is 0 Å². The molecule has 2 atom stereocenters. The van der Waals surface area contributed by atoms with Crippen molar-refractivity contribution in [2.24, 2.45) is 0 Å². The second kappa shape index (κ2) is 6.66. The van der Waals surface area contributed by atoms with Crippen LogP contribution in [-0.2, 0) is 27.2 Å². The van der Waals surface area contributed by atoms with Crippen molar-refractivity contribution in [1.82, 2.24) is 10.6 Å². The van der Waals surface area contributed by atoms with E-state index in [9.17, 15) is 14.7 Å². The van der Waals surface area contributed by atoms with Gasteiger partial charge in [0.15, 0.2) is 0 Å². The van der Waals surface area contributed by atoms with E-state index in [1.165, 1.54) is 7.11 Å². The quantitative estimate of drug-likeness (QED) is 0.749. The maximum absolute atomic E-state index is 12.7. The van der Waals surface area contributed by atoms with Crippen molar-refractivity contribution in [3.63, 3.8) is 0 Å². The molecule has 1 fully saturated rings. The van der Waals surface area contributed by atoms with E-state index >= 15 is 0 Å². The van der Waals surface area contributed by atoms with Crippen LogP contribution in [0.25, 0.3) is 0 Å². The molecule has 2 aromatic carbocycles. The molecule has 0 saturated carbocycles. The van der Waals surface area contributed by atoms with E-state index in [0.717, 1.165) is 11.1 Å². The van der Waals surface area contributed by atoms with E-state index in [1.807, 2.05) is 36.4 Å². The highest BCUT2D eigenvalue weighted by Crippen LogP contribution is 2.23. The summed E-state index contributed by atoms with van der Waals surface area (Å²) in [6.07, 6.45) is 0.125. The molecule has 1 saturated heterocycles. The van der Waals surface area contributed by atoms with Crippen LogP contribution in [0.5, 0.6) is 0 Å². The number of benzene rings is 2. The molecule has 0 spiro atoms. The molecule has 0 radical (unpaired) electrons. The molecule has 2 unspecified atom stereocenters. The van der Waals surface area contributed by atoms with E-state index in [-0.39, 0.29) is 12.8 Å². The number of methoxy groups -OCH3 is 1. The van der Waals surface area contributed by atoms with Gasteiger partial charge < -0.3 is 20.5 Å². The number of carbonyl (C=O) groups excluding carboxylic acids is 2. The molecule has 0 aliphatic carbocycles. The van der Waals surface area contributed by atoms with Gasteiger partial charge in [0, 0.05) is 20.0 Å². The summed E-state index contributed by atoms with van der Waals surface area (Å²) in [4.78, 5) is 25.3. The van der Waals surface area contributed by atoms with Gasteiger partial charge in [-0.25, -0.2) is 0 Å². The minimum absolute atomic E-state index is 0.0312. The number of aliphatic hydroxyl groups is 1. The summed E-state index contributed by atoms with van der Waals surface area (Å²) < 4.78 is 5.35. The zero-order chi connectivity index (χ0) is 17.9. The molecule has 6 nitrogen and oxygen atoms in total. The maximum atomic E-state index is 12.7. The van der Waals surface area contributed by atoms with Crippen molar-refractivity contribution in [1.29, 1.82) is 0 Å². The lowest BCUT2D eigenvalue weighted by molar-refractivity contribution is -0.180. The highest BCUT2D eigenvalue weighted by Gasteiger charge is 2.53. The van der Waals surface area contributed by atoms with Crippen LogP contribution >= 0.6 is 0 Å². The Morgan fingerprint density at radius 1 is 0.840 bits per heavy atom. The van der Waals surface area contributed by atoms with Gasteiger partial charge in [0.05, 0.1) is 0 Å². The average Bonchev–Trinajstić information content (AvgIpc) is 2.61. The van der Waals surface area contributed by atoms with Gasteiger partial charge >= 0.3 is 0 Å². The van der Waals surface area contributed by atoms with Crippen molar-refractivity contribution in [3.05, 3.63) is 71.8 Å². The highest BCUT2D eigenvalue weighted by atomic mass is 16.5. The largest absolute Gasteiger partial charge is 0.363 e. The van der Waals surface area contributed by atoms with Gasteiger partial charge in [-0.2, -0.15) is 0 Å². The van der Waals surface area contributed by atoms with Crippen LogP contribution in [0.4, 0.5) is 0 Å². The number of amides is 2. The fraction of sp³-hybridized carbons (Fsp3) is 0.263. The van der Waals surface area contributed by atoms with Gasteiger partial charge in [-0.3, -0.25) is 9.59 Å². The lowest BCUT2D eigenvalue weighted by Gasteiger charge is -2.42. The Hall–Kier alpha value is -2.70. The van der Waals surface area contributed by atoms with E-state index in [2.05, 4.69) is 10.6 Å². The molecule has 130 valence electrons. The Morgan fingerprint density at radius 2 is 1.36 bits per heavy atom. The first-order valence-electron chi connectivity index (χ1n) is 7.98. The Kier molecular flexibility index (Phi) is 4.57. The van der Waals surface area contributed by atoms with Crippen molar-refractivity contribution in [2.45, 2.75) is 24.3 Å². The monoisotopic (exact) mass is 340 g/mol. The third kappa shape index (κ3) is 3.40. The van der Waals surface area contributed by atoms with Crippen molar-refractivity contribution in [2.75, 3.05) is 7.11 Å². The first-order chi connectivity index (χ1) is 12.0.